The number of sulfone groups is 1. The van der Waals surface area contributed by atoms with E-state index in [9.17, 15) is 8.42 Å². The second-order valence-corrected chi connectivity index (χ2v) is 5.78. The molecule has 0 spiro atoms. The maximum absolute atomic E-state index is 11.2. The molecular weight excluding hydrogens is 244 g/mol. The van der Waals surface area contributed by atoms with Gasteiger partial charge in [-0.2, -0.15) is 5.10 Å². The van der Waals surface area contributed by atoms with Crippen molar-refractivity contribution in [3.63, 3.8) is 0 Å². The molecule has 0 amide bonds. The van der Waals surface area contributed by atoms with Gasteiger partial charge in [0.25, 0.3) is 0 Å². The molecule has 0 radical (unpaired) electrons. The van der Waals surface area contributed by atoms with Crippen LogP contribution in [0.5, 0.6) is 0 Å². The lowest BCUT2D eigenvalue weighted by molar-refractivity contribution is 0.316. The van der Waals surface area contributed by atoms with Crippen molar-refractivity contribution in [2.75, 3.05) is 6.26 Å². The van der Waals surface area contributed by atoms with Gasteiger partial charge in [0.1, 0.15) is 10.7 Å². The van der Waals surface area contributed by atoms with Crippen LogP contribution in [0, 0.1) is 0 Å². The molecule has 1 rings (SSSR count). The number of hydrogen-bond acceptors (Lipinski definition) is 5. The normalized spacial score (nSPS) is 12.9. The molecule has 1 aromatic rings. The van der Waals surface area contributed by atoms with Gasteiger partial charge in [-0.15, -0.1) is 0 Å². The number of amidine groups is 1. The Morgan fingerprint density at radius 1 is 1.59 bits per heavy atom. The zero-order valence-corrected chi connectivity index (χ0v) is 10.4. The molecule has 0 atom stereocenters. The first-order chi connectivity index (χ1) is 7.93. The highest BCUT2D eigenvalue weighted by molar-refractivity contribution is 7.90. The number of unbranched alkanes of at least 4 members (excludes halogenated alkanes) is 1. The Morgan fingerprint density at radius 2 is 2.29 bits per heavy atom. The number of hydrogen-bond donors (Lipinski definition) is 2. The van der Waals surface area contributed by atoms with Crippen molar-refractivity contribution in [1.29, 1.82) is 0 Å². The SMILES string of the molecule is CS(=O)(=O)c1cnn(CCCC/C(N)=N/O)c1. The minimum absolute atomic E-state index is 0.197. The van der Waals surface area contributed by atoms with Crippen LogP contribution in [-0.4, -0.2) is 35.5 Å². The molecule has 3 N–H and O–H groups in total. The van der Waals surface area contributed by atoms with Crippen LogP contribution >= 0.6 is 0 Å². The zero-order chi connectivity index (χ0) is 12.9. The standard InChI is InChI=1S/C9H16N4O3S/c1-17(15,16)8-6-11-13(7-8)5-3-2-4-9(10)12-14/h6-7,14H,2-5H2,1H3,(H2,10,12). The Labute approximate surface area is 99.8 Å². The number of aromatic nitrogens is 2. The summed E-state index contributed by atoms with van der Waals surface area (Å²) in [6, 6.07) is 0. The topological polar surface area (TPSA) is 111 Å². The number of nitrogens with two attached hydrogens (primary N) is 1. The monoisotopic (exact) mass is 260 g/mol. The van der Waals surface area contributed by atoms with Gasteiger partial charge in [0.05, 0.1) is 6.20 Å². The van der Waals surface area contributed by atoms with Crippen LogP contribution < -0.4 is 5.73 Å². The summed E-state index contributed by atoms with van der Waals surface area (Å²) in [5.41, 5.74) is 5.31. The first kappa shape index (κ1) is 13.5. The second kappa shape index (κ2) is 5.67. The van der Waals surface area contributed by atoms with Crippen LogP contribution in [0.15, 0.2) is 22.4 Å². The van der Waals surface area contributed by atoms with E-state index in [1.165, 1.54) is 12.4 Å². The first-order valence-electron chi connectivity index (χ1n) is 5.12. The van der Waals surface area contributed by atoms with Gasteiger partial charge in [0.15, 0.2) is 9.84 Å². The number of oxime groups is 1. The molecule has 1 heterocycles. The largest absolute Gasteiger partial charge is 0.409 e. The molecule has 1 aromatic heterocycles. The van der Waals surface area contributed by atoms with Crippen molar-refractivity contribution in [3.05, 3.63) is 12.4 Å². The van der Waals surface area contributed by atoms with E-state index in [2.05, 4.69) is 10.3 Å². The lowest BCUT2D eigenvalue weighted by Crippen LogP contribution is -2.11. The van der Waals surface area contributed by atoms with E-state index in [1.54, 1.807) is 4.68 Å². The molecule has 0 aliphatic rings. The van der Waals surface area contributed by atoms with E-state index in [0.29, 0.717) is 13.0 Å². The van der Waals surface area contributed by atoms with Crippen LogP contribution in [0.3, 0.4) is 0 Å². The number of aryl methyl sites for hydroxylation is 1. The Balaban J connectivity index is 2.41. The second-order valence-electron chi connectivity index (χ2n) is 3.76. The Hall–Kier alpha value is -1.57. The van der Waals surface area contributed by atoms with Crippen LogP contribution in [0.25, 0.3) is 0 Å². The summed E-state index contributed by atoms with van der Waals surface area (Å²) >= 11 is 0. The van der Waals surface area contributed by atoms with Crippen molar-refractivity contribution in [2.45, 2.75) is 30.7 Å². The van der Waals surface area contributed by atoms with Crippen molar-refractivity contribution in [1.82, 2.24) is 9.78 Å². The average molecular weight is 260 g/mol. The molecule has 0 unspecified atom stereocenters. The fourth-order valence-corrected chi connectivity index (χ4v) is 1.84. The molecule has 0 saturated carbocycles. The quantitative estimate of drug-likeness (QED) is 0.249. The highest BCUT2D eigenvalue weighted by atomic mass is 32.2. The fourth-order valence-electron chi connectivity index (χ4n) is 1.29. The molecule has 0 saturated heterocycles. The summed E-state index contributed by atoms with van der Waals surface area (Å²) in [5, 5.41) is 15.1. The third kappa shape index (κ3) is 4.43. The van der Waals surface area contributed by atoms with Crippen LogP contribution in [0.2, 0.25) is 0 Å². The van der Waals surface area contributed by atoms with Crippen molar-refractivity contribution < 1.29 is 13.6 Å². The predicted octanol–water partition coefficient (Wildman–Crippen LogP) is 0.203. The summed E-state index contributed by atoms with van der Waals surface area (Å²) in [6.07, 6.45) is 6.02. The Morgan fingerprint density at radius 3 is 2.82 bits per heavy atom. The van der Waals surface area contributed by atoms with Gasteiger partial charge in [-0.1, -0.05) is 5.16 Å². The molecule has 0 aliphatic heterocycles. The molecule has 96 valence electrons. The van der Waals surface area contributed by atoms with Crippen LogP contribution in [0.1, 0.15) is 19.3 Å². The van der Waals surface area contributed by atoms with E-state index in [4.69, 9.17) is 10.9 Å². The average Bonchev–Trinajstić information content (AvgIpc) is 2.72. The Kier molecular flexibility index (Phi) is 4.50. The summed E-state index contributed by atoms with van der Waals surface area (Å²) in [6.45, 7) is 0.605. The van der Waals surface area contributed by atoms with E-state index in [-0.39, 0.29) is 10.7 Å². The van der Waals surface area contributed by atoms with Gasteiger partial charge < -0.3 is 10.9 Å². The smallest absolute Gasteiger partial charge is 0.178 e. The molecule has 0 bridgehead atoms. The maximum atomic E-state index is 11.2. The van der Waals surface area contributed by atoms with Gasteiger partial charge in [-0.05, 0) is 12.8 Å². The fraction of sp³-hybridized carbons (Fsp3) is 0.556. The van der Waals surface area contributed by atoms with Crippen LogP contribution in [-0.2, 0) is 16.4 Å². The maximum Gasteiger partial charge on any atom is 0.178 e. The van der Waals surface area contributed by atoms with Crippen LogP contribution in [0.4, 0.5) is 0 Å². The van der Waals surface area contributed by atoms with Crippen molar-refractivity contribution in [2.24, 2.45) is 10.9 Å². The summed E-state index contributed by atoms with van der Waals surface area (Å²) in [5.74, 6) is 0.197. The number of rotatable bonds is 6. The third-order valence-electron chi connectivity index (χ3n) is 2.24. The minimum Gasteiger partial charge on any atom is -0.409 e. The van der Waals surface area contributed by atoms with Gasteiger partial charge >= 0.3 is 0 Å². The molecule has 17 heavy (non-hydrogen) atoms. The predicted molar refractivity (Wildman–Crippen MR) is 62.6 cm³/mol. The zero-order valence-electron chi connectivity index (χ0n) is 9.57. The molecule has 0 fully saturated rings. The summed E-state index contributed by atoms with van der Waals surface area (Å²) in [7, 11) is -3.19. The highest BCUT2D eigenvalue weighted by Crippen LogP contribution is 2.07. The Bertz CT molecular complexity index is 492. The number of nitrogens with zero attached hydrogens (tertiary/aromatic N) is 3. The molecule has 7 nitrogen and oxygen atoms in total. The van der Waals surface area contributed by atoms with E-state index in [1.807, 2.05) is 0 Å². The minimum atomic E-state index is -3.19. The molecular formula is C9H16N4O3S. The van der Waals surface area contributed by atoms with Gasteiger partial charge in [0.2, 0.25) is 0 Å². The summed E-state index contributed by atoms with van der Waals surface area (Å²) in [4.78, 5) is 0.217. The first-order valence-corrected chi connectivity index (χ1v) is 7.01. The third-order valence-corrected chi connectivity index (χ3v) is 3.30. The van der Waals surface area contributed by atoms with E-state index < -0.39 is 9.84 Å². The lowest BCUT2D eigenvalue weighted by atomic mass is 10.2. The molecule has 8 heteroatoms. The lowest BCUT2D eigenvalue weighted by Gasteiger charge is -2.00. The molecule has 0 aromatic carbocycles. The van der Waals surface area contributed by atoms with E-state index >= 15 is 0 Å². The van der Waals surface area contributed by atoms with Gasteiger partial charge in [0, 0.05) is 25.4 Å². The van der Waals surface area contributed by atoms with Crippen molar-refractivity contribution in [3.8, 4) is 0 Å². The van der Waals surface area contributed by atoms with Gasteiger partial charge in [-0.3, -0.25) is 4.68 Å². The van der Waals surface area contributed by atoms with Crippen molar-refractivity contribution >= 4 is 15.7 Å². The van der Waals surface area contributed by atoms with Gasteiger partial charge in [-0.25, -0.2) is 8.42 Å². The molecule has 0 aliphatic carbocycles. The van der Waals surface area contributed by atoms with E-state index in [0.717, 1.165) is 19.1 Å². The highest BCUT2D eigenvalue weighted by Gasteiger charge is 2.09. The summed E-state index contributed by atoms with van der Waals surface area (Å²) < 4.78 is 24.0.